The van der Waals surface area contributed by atoms with E-state index in [2.05, 4.69) is 36.2 Å². The third kappa shape index (κ3) is 3.93. The normalized spacial score (nSPS) is 11.8. The van der Waals surface area contributed by atoms with E-state index in [9.17, 15) is 0 Å². The molecule has 0 amide bonds. The largest absolute Gasteiger partial charge is 0.308 e. The van der Waals surface area contributed by atoms with Crippen molar-refractivity contribution < 1.29 is 0 Å². The first-order chi connectivity index (χ1) is 8.85. The van der Waals surface area contributed by atoms with Gasteiger partial charge < -0.3 is 5.32 Å². The molecule has 0 saturated carbocycles. The number of rotatable bonds is 3. The molecule has 102 valence electrons. The minimum Gasteiger partial charge on any atom is -0.308 e. The third-order valence-corrected chi connectivity index (χ3v) is 3.05. The molecular weight excluding hydrogens is 283 g/mol. The molecular formula is C13H16Cl2N4. The van der Waals surface area contributed by atoms with Gasteiger partial charge in [-0.15, -0.1) is 0 Å². The van der Waals surface area contributed by atoms with Gasteiger partial charge in [-0.05, 0) is 32.4 Å². The van der Waals surface area contributed by atoms with Crippen molar-refractivity contribution in [2.45, 2.75) is 32.9 Å². The van der Waals surface area contributed by atoms with E-state index in [4.69, 9.17) is 23.2 Å². The maximum Gasteiger partial charge on any atom is 0.153 e. The summed E-state index contributed by atoms with van der Waals surface area (Å²) in [5, 5.41) is 8.73. The number of pyridine rings is 1. The van der Waals surface area contributed by atoms with Crippen molar-refractivity contribution in [2.75, 3.05) is 0 Å². The Morgan fingerprint density at radius 3 is 2.58 bits per heavy atom. The number of halogens is 2. The van der Waals surface area contributed by atoms with Gasteiger partial charge >= 0.3 is 0 Å². The maximum atomic E-state index is 6.16. The van der Waals surface area contributed by atoms with Gasteiger partial charge in [0.2, 0.25) is 0 Å². The van der Waals surface area contributed by atoms with Crippen molar-refractivity contribution in [1.82, 2.24) is 20.1 Å². The predicted octanol–water partition coefficient (Wildman–Crippen LogP) is 3.46. The van der Waals surface area contributed by atoms with Gasteiger partial charge in [-0.3, -0.25) is 0 Å². The molecule has 0 aliphatic heterocycles. The Kier molecular flexibility index (Phi) is 4.13. The van der Waals surface area contributed by atoms with Crippen LogP contribution in [0.3, 0.4) is 0 Å². The molecule has 0 spiro atoms. The number of aromatic nitrogens is 3. The lowest BCUT2D eigenvalue weighted by Gasteiger charge is -2.21. The highest BCUT2D eigenvalue weighted by atomic mass is 35.5. The minimum absolute atomic E-state index is 0.0295. The summed E-state index contributed by atoms with van der Waals surface area (Å²) in [6, 6.07) is 1.91. The van der Waals surface area contributed by atoms with Crippen LogP contribution in [0.5, 0.6) is 0 Å². The highest BCUT2D eigenvalue weighted by Gasteiger charge is 2.11. The summed E-state index contributed by atoms with van der Waals surface area (Å²) < 4.78 is 1.62. The number of hydrogen-bond acceptors (Lipinski definition) is 3. The lowest BCUT2D eigenvalue weighted by Crippen LogP contribution is -2.35. The summed E-state index contributed by atoms with van der Waals surface area (Å²) in [6.07, 6.45) is 4.91. The van der Waals surface area contributed by atoms with Crippen molar-refractivity contribution in [1.29, 1.82) is 0 Å². The van der Waals surface area contributed by atoms with Crippen LogP contribution in [-0.2, 0) is 6.54 Å². The fraction of sp³-hybridized carbons (Fsp3) is 0.385. The molecule has 0 fully saturated rings. The van der Waals surface area contributed by atoms with E-state index in [1.54, 1.807) is 23.3 Å². The first-order valence-corrected chi connectivity index (χ1v) is 6.71. The molecule has 0 atom stereocenters. The van der Waals surface area contributed by atoms with Crippen LogP contribution >= 0.6 is 23.2 Å². The van der Waals surface area contributed by atoms with Crippen LogP contribution in [0.25, 0.3) is 5.82 Å². The Bertz CT molecular complexity index is 572. The van der Waals surface area contributed by atoms with E-state index < -0.39 is 0 Å². The zero-order valence-electron chi connectivity index (χ0n) is 11.1. The van der Waals surface area contributed by atoms with Crippen molar-refractivity contribution in [2.24, 2.45) is 0 Å². The maximum absolute atomic E-state index is 6.16. The van der Waals surface area contributed by atoms with Gasteiger partial charge in [-0.25, -0.2) is 9.67 Å². The molecule has 6 heteroatoms. The SMILES string of the molecule is CC(C)(C)NCc1cc(-n2cc(Cl)cn2)ncc1Cl. The van der Waals surface area contributed by atoms with Gasteiger partial charge in [0.1, 0.15) is 0 Å². The van der Waals surface area contributed by atoms with Crippen molar-refractivity contribution in [3.8, 4) is 5.82 Å². The van der Waals surface area contributed by atoms with Gasteiger partial charge in [0.05, 0.1) is 22.4 Å². The molecule has 0 unspecified atom stereocenters. The van der Waals surface area contributed by atoms with Crippen LogP contribution < -0.4 is 5.32 Å². The monoisotopic (exact) mass is 298 g/mol. The zero-order valence-corrected chi connectivity index (χ0v) is 12.6. The van der Waals surface area contributed by atoms with Gasteiger partial charge in [-0.1, -0.05) is 23.2 Å². The van der Waals surface area contributed by atoms with Crippen LogP contribution in [0.2, 0.25) is 10.0 Å². The highest BCUT2D eigenvalue weighted by molar-refractivity contribution is 6.31. The molecule has 19 heavy (non-hydrogen) atoms. The first-order valence-electron chi connectivity index (χ1n) is 5.95. The smallest absolute Gasteiger partial charge is 0.153 e. The molecule has 0 aliphatic rings. The van der Waals surface area contributed by atoms with E-state index in [1.807, 2.05) is 6.07 Å². The first kappa shape index (κ1) is 14.3. The molecule has 2 aromatic heterocycles. The topological polar surface area (TPSA) is 42.7 Å². The average Bonchev–Trinajstić information content (AvgIpc) is 2.74. The molecule has 0 radical (unpaired) electrons. The summed E-state index contributed by atoms with van der Waals surface area (Å²) >= 11 is 12.0. The summed E-state index contributed by atoms with van der Waals surface area (Å²) in [7, 11) is 0. The molecule has 2 rings (SSSR count). The fourth-order valence-electron chi connectivity index (χ4n) is 1.52. The molecule has 4 nitrogen and oxygen atoms in total. The lowest BCUT2D eigenvalue weighted by atomic mass is 10.1. The highest BCUT2D eigenvalue weighted by Crippen LogP contribution is 2.19. The number of nitrogens with zero attached hydrogens (tertiary/aromatic N) is 3. The molecule has 0 aromatic carbocycles. The van der Waals surface area contributed by atoms with Gasteiger partial charge in [0.15, 0.2) is 5.82 Å². The van der Waals surface area contributed by atoms with Crippen LogP contribution in [0.15, 0.2) is 24.7 Å². The molecule has 1 N–H and O–H groups in total. The van der Waals surface area contributed by atoms with Gasteiger partial charge in [0.25, 0.3) is 0 Å². The van der Waals surface area contributed by atoms with Gasteiger partial charge in [0, 0.05) is 18.3 Å². The van der Waals surface area contributed by atoms with Crippen LogP contribution in [0.1, 0.15) is 26.3 Å². The second-order valence-corrected chi connectivity index (χ2v) is 6.18. The standard InChI is InChI=1S/C13H16Cl2N4/c1-13(2,3)17-5-9-4-12(16-7-11(9)15)19-8-10(14)6-18-19/h4,6-8,17H,5H2,1-3H3. The van der Waals surface area contributed by atoms with E-state index >= 15 is 0 Å². The zero-order chi connectivity index (χ0) is 14.0. The minimum atomic E-state index is 0.0295. The predicted molar refractivity (Wildman–Crippen MR) is 78.0 cm³/mol. The van der Waals surface area contributed by atoms with Gasteiger partial charge in [-0.2, -0.15) is 5.10 Å². The summed E-state index contributed by atoms with van der Waals surface area (Å²) in [4.78, 5) is 4.25. The Morgan fingerprint density at radius 1 is 1.26 bits per heavy atom. The molecule has 2 aromatic rings. The fourth-order valence-corrected chi connectivity index (χ4v) is 1.82. The van der Waals surface area contributed by atoms with Crippen molar-refractivity contribution in [3.63, 3.8) is 0 Å². The molecule has 0 aliphatic carbocycles. The Balaban J connectivity index is 2.24. The number of nitrogens with one attached hydrogen (secondary N) is 1. The average molecular weight is 299 g/mol. The Morgan fingerprint density at radius 2 is 2.00 bits per heavy atom. The second kappa shape index (κ2) is 5.49. The number of hydrogen-bond donors (Lipinski definition) is 1. The summed E-state index contributed by atoms with van der Waals surface area (Å²) in [5.41, 5.74) is 1.01. The van der Waals surface area contributed by atoms with E-state index in [0.717, 1.165) is 5.56 Å². The molecule has 0 bridgehead atoms. The summed E-state index contributed by atoms with van der Waals surface area (Å²) in [6.45, 7) is 7.00. The molecule has 2 heterocycles. The van der Waals surface area contributed by atoms with Crippen molar-refractivity contribution in [3.05, 3.63) is 40.3 Å². The quantitative estimate of drug-likeness (QED) is 0.943. The second-order valence-electron chi connectivity index (χ2n) is 5.34. The van der Waals surface area contributed by atoms with Crippen LogP contribution in [0.4, 0.5) is 0 Å². The van der Waals surface area contributed by atoms with Crippen LogP contribution in [-0.4, -0.2) is 20.3 Å². The summed E-state index contributed by atoms with van der Waals surface area (Å²) in [5.74, 6) is 0.696. The van der Waals surface area contributed by atoms with E-state index in [-0.39, 0.29) is 5.54 Å². The van der Waals surface area contributed by atoms with Crippen LogP contribution in [0, 0.1) is 0 Å². The van der Waals surface area contributed by atoms with E-state index in [0.29, 0.717) is 22.4 Å². The Hall–Kier alpha value is -1.10. The Labute approximate surface area is 122 Å². The molecule has 0 saturated heterocycles. The third-order valence-electron chi connectivity index (χ3n) is 2.52. The van der Waals surface area contributed by atoms with Crippen molar-refractivity contribution >= 4 is 23.2 Å². The lowest BCUT2D eigenvalue weighted by molar-refractivity contribution is 0.424. The van der Waals surface area contributed by atoms with E-state index in [1.165, 1.54) is 0 Å².